The van der Waals surface area contributed by atoms with Gasteiger partial charge in [0.05, 0.1) is 11.6 Å². The first-order valence-corrected chi connectivity index (χ1v) is 5.88. The number of carbonyl (C=O) groups excluding carboxylic acids is 1. The predicted molar refractivity (Wildman–Crippen MR) is 69.0 cm³/mol. The normalized spacial score (nSPS) is 18.8. The lowest BCUT2D eigenvalue weighted by Gasteiger charge is -2.14. The predicted octanol–water partition coefficient (Wildman–Crippen LogP) is 0.978. The molecule has 1 aliphatic rings. The highest BCUT2D eigenvalue weighted by atomic mass is 32.1. The second kappa shape index (κ2) is 5.14. The third-order valence-corrected chi connectivity index (χ3v) is 2.90. The van der Waals surface area contributed by atoms with Crippen molar-refractivity contribution in [3.05, 3.63) is 29.8 Å². The van der Waals surface area contributed by atoms with Crippen LogP contribution in [0.15, 0.2) is 24.3 Å². The van der Waals surface area contributed by atoms with Crippen LogP contribution in [-0.2, 0) is 4.79 Å². The molecule has 1 fully saturated rings. The Kier molecular flexibility index (Phi) is 3.58. The molecule has 90 valence electrons. The Balaban J connectivity index is 1.99. The summed E-state index contributed by atoms with van der Waals surface area (Å²) in [4.78, 5) is 11.3. The second-order valence-corrected chi connectivity index (χ2v) is 4.41. The van der Waals surface area contributed by atoms with Crippen molar-refractivity contribution in [1.82, 2.24) is 5.32 Å². The maximum absolute atomic E-state index is 11.0. The number of nitrogens with one attached hydrogen (secondary N) is 1. The molecule has 0 bridgehead atoms. The molecular formula is C12H14N2O2S. The lowest BCUT2D eigenvalue weighted by molar-refractivity contribution is -0.119. The van der Waals surface area contributed by atoms with Crippen LogP contribution >= 0.6 is 12.2 Å². The van der Waals surface area contributed by atoms with Crippen LogP contribution in [-0.4, -0.2) is 23.5 Å². The highest BCUT2D eigenvalue weighted by molar-refractivity contribution is 7.80. The zero-order valence-electron chi connectivity index (χ0n) is 9.31. The van der Waals surface area contributed by atoms with E-state index in [1.807, 2.05) is 24.3 Å². The Morgan fingerprint density at radius 2 is 2.29 bits per heavy atom. The Morgan fingerprint density at radius 1 is 1.53 bits per heavy atom. The molecule has 0 aromatic heterocycles. The van der Waals surface area contributed by atoms with E-state index in [1.165, 1.54) is 0 Å². The molecule has 1 atom stereocenters. The fourth-order valence-corrected chi connectivity index (χ4v) is 1.96. The van der Waals surface area contributed by atoms with Gasteiger partial charge in [-0.3, -0.25) is 4.79 Å². The first kappa shape index (κ1) is 11.9. The van der Waals surface area contributed by atoms with Gasteiger partial charge < -0.3 is 15.8 Å². The van der Waals surface area contributed by atoms with E-state index in [1.54, 1.807) is 0 Å². The van der Waals surface area contributed by atoms with Gasteiger partial charge in [-0.1, -0.05) is 24.4 Å². The minimum atomic E-state index is 0.0845. The number of hydrogen-bond donors (Lipinski definition) is 2. The molecule has 0 radical (unpaired) electrons. The highest BCUT2D eigenvalue weighted by Gasteiger charge is 2.21. The smallest absolute Gasteiger partial charge is 0.220 e. The van der Waals surface area contributed by atoms with Gasteiger partial charge in [0, 0.05) is 6.42 Å². The minimum Gasteiger partial charge on any atom is -0.491 e. The first-order valence-electron chi connectivity index (χ1n) is 5.48. The third kappa shape index (κ3) is 2.94. The maximum atomic E-state index is 11.0. The number of hydrogen-bond acceptors (Lipinski definition) is 3. The monoisotopic (exact) mass is 250 g/mol. The number of benzene rings is 1. The maximum Gasteiger partial charge on any atom is 0.220 e. The van der Waals surface area contributed by atoms with Crippen molar-refractivity contribution in [2.45, 2.75) is 18.9 Å². The molecule has 1 aliphatic heterocycles. The summed E-state index contributed by atoms with van der Waals surface area (Å²) in [5.74, 6) is 0.752. The van der Waals surface area contributed by atoms with E-state index in [4.69, 9.17) is 22.7 Å². The van der Waals surface area contributed by atoms with Crippen molar-refractivity contribution in [3.8, 4) is 5.75 Å². The Morgan fingerprint density at radius 3 is 2.94 bits per heavy atom. The lowest BCUT2D eigenvalue weighted by atomic mass is 10.2. The van der Waals surface area contributed by atoms with Crippen LogP contribution in [0.25, 0.3) is 0 Å². The van der Waals surface area contributed by atoms with Crippen LogP contribution in [0.3, 0.4) is 0 Å². The van der Waals surface area contributed by atoms with Crippen molar-refractivity contribution >= 4 is 23.1 Å². The summed E-state index contributed by atoms with van der Waals surface area (Å²) in [6.07, 6.45) is 1.39. The van der Waals surface area contributed by atoms with E-state index < -0.39 is 0 Å². The van der Waals surface area contributed by atoms with Crippen LogP contribution in [0.4, 0.5) is 0 Å². The van der Waals surface area contributed by atoms with Gasteiger partial charge >= 0.3 is 0 Å². The van der Waals surface area contributed by atoms with Crippen molar-refractivity contribution in [3.63, 3.8) is 0 Å². The summed E-state index contributed by atoms with van der Waals surface area (Å²) >= 11 is 4.95. The molecule has 0 saturated carbocycles. The summed E-state index contributed by atoms with van der Waals surface area (Å²) in [6, 6.07) is 7.46. The van der Waals surface area contributed by atoms with Crippen LogP contribution in [0.5, 0.6) is 5.75 Å². The number of rotatable bonds is 4. The standard InChI is InChI=1S/C12H14N2O2S/c13-12(17)9-3-1-2-4-10(9)16-7-8-5-6-11(15)14-8/h1-4,8H,5-7H2,(H2,13,17)(H,14,15). The second-order valence-electron chi connectivity index (χ2n) is 3.97. The van der Waals surface area contributed by atoms with Crippen molar-refractivity contribution in [2.24, 2.45) is 5.73 Å². The zero-order chi connectivity index (χ0) is 12.3. The first-order chi connectivity index (χ1) is 8.16. The number of carbonyl (C=O) groups is 1. The van der Waals surface area contributed by atoms with Crippen LogP contribution in [0, 0.1) is 0 Å². The Bertz CT molecular complexity index is 448. The summed E-state index contributed by atoms with van der Waals surface area (Å²) < 4.78 is 5.65. The molecule has 1 saturated heterocycles. The van der Waals surface area contributed by atoms with Crippen LogP contribution in [0.1, 0.15) is 18.4 Å². The molecule has 4 nitrogen and oxygen atoms in total. The molecular weight excluding hydrogens is 236 g/mol. The van der Waals surface area contributed by atoms with Gasteiger partial charge in [0.25, 0.3) is 0 Å². The SMILES string of the molecule is NC(=S)c1ccccc1OCC1CCC(=O)N1. The molecule has 1 amide bonds. The molecule has 1 heterocycles. The Labute approximate surface area is 105 Å². The molecule has 1 aromatic rings. The number of thiocarbonyl (C=S) groups is 1. The summed E-state index contributed by atoms with van der Waals surface area (Å²) in [5.41, 5.74) is 6.33. The molecule has 0 spiro atoms. The van der Waals surface area contributed by atoms with Crippen LogP contribution in [0.2, 0.25) is 0 Å². The van der Waals surface area contributed by atoms with Gasteiger partial charge in [-0.25, -0.2) is 0 Å². The zero-order valence-corrected chi connectivity index (χ0v) is 10.1. The topological polar surface area (TPSA) is 64.3 Å². The van der Waals surface area contributed by atoms with Crippen molar-refractivity contribution in [2.75, 3.05) is 6.61 Å². The molecule has 3 N–H and O–H groups in total. The largest absolute Gasteiger partial charge is 0.491 e. The average molecular weight is 250 g/mol. The molecule has 2 rings (SSSR count). The van der Waals surface area contributed by atoms with Gasteiger partial charge in [-0.2, -0.15) is 0 Å². The van der Waals surface area contributed by atoms with Gasteiger partial charge in [-0.05, 0) is 18.6 Å². The fraction of sp³-hybridized carbons (Fsp3) is 0.333. The van der Waals surface area contributed by atoms with Gasteiger partial charge in [0.1, 0.15) is 17.3 Å². The summed E-state index contributed by atoms with van der Waals surface area (Å²) in [6.45, 7) is 0.450. The van der Waals surface area contributed by atoms with Gasteiger partial charge in [0.2, 0.25) is 5.91 Å². The number of para-hydroxylation sites is 1. The van der Waals surface area contributed by atoms with E-state index in [0.717, 1.165) is 12.0 Å². The van der Waals surface area contributed by atoms with E-state index in [-0.39, 0.29) is 11.9 Å². The van der Waals surface area contributed by atoms with Gasteiger partial charge in [0.15, 0.2) is 0 Å². The number of nitrogens with two attached hydrogens (primary N) is 1. The number of ether oxygens (including phenoxy) is 1. The van der Waals surface area contributed by atoms with Crippen molar-refractivity contribution < 1.29 is 9.53 Å². The quantitative estimate of drug-likeness (QED) is 0.782. The van der Waals surface area contributed by atoms with E-state index in [9.17, 15) is 4.79 Å². The molecule has 1 unspecified atom stereocenters. The molecule has 5 heteroatoms. The van der Waals surface area contributed by atoms with E-state index >= 15 is 0 Å². The fourth-order valence-electron chi connectivity index (χ4n) is 1.79. The summed E-state index contributed by atoms with van der Waals surface area (Å²) in [7, 11) is 0. The van der Waals surface area contributed by atoms with Crippen molar-refractivity contribution in [1.29, 1.82) is 0 Å². The summed E-state index contributed by atoms with van der Waals surface area (Å²) in [5, 5.41) is 2.84. The van der Waals surface area contributed by atoms with E-state index in [0.29, 0.717) is 23.8 Å². The third-order valence-electron chi connectivity index (χ3n) is 2.68. The molecule has 1 aromatic carbocycles. The highest BCUT2D eigenvalue weighted by Crippen LogP contribution is 2.18. The van der Waals surface area contributed by atoms with Gasteiger partial charge in [-0.15, -0.1) is 0 Å². The minimum absolute atomic E-state index is 0.0845. The number of amides is 1. The Hall–Kier alpha value is -1.62. The average Bonchev–Trinajstić information content (AvgIpc) is 2.73. The molecule has 0 aliphatic carbocycles. The van der Waals surface area contributed by atoms with Crippen LogP contribution < -0.4 is 15.8 Å². The van der Waals surface area contributed by atoms with E-state index in [2.05, 4.69) is 5.32 Å². The lowest BCUT2D eigenvalue weighted by Crippen LogP contribution is -2.31. The molecule has 17 heavy (non-hydrogen) atoms.